The van der Waals surface area contributed by atoms with Gasteiger partial charge in [0.25, 0.3) is 5.65 Å². The number of carbonyl (C=O) groups excluding carboxylic acids is 1. The Labute approximate surface area is 168 Å². The first-order chi connectivity index (χ1) is 14.1. The van der Waals surface area contributed by atoms with Crippen molar-refractivity contribution in [2.45, 2.75) is 6.92 Å². The summed E-state index contributed by atoms with van der Waals surface area (Å²) in [7, 11) is -3.61. The molecule has 0 radical (unpaired) electrons. The predicted octanol–water partition coefficient (Wildman–Crippen LogP) is 5.20. The van der Waals surface area contributed by atoms with Gasteiger partial charge in [-0.25, -0.2) is 0 Å². The fraction of sp³-hybridized carbons (Fsp3) is 0.0435. The van der Waals surface area contributed by atoms with Gasteiger partial charge in [-0.2, -0.15) is 0 Å². The van der Waals surface area contributed by atoms with Crippen LogP contribution in [-0.4, -0.2) is 10.8 Å². The van der Waals surface area contributed by atoms with E-state index in [-0.39, 0.29) is 0 Å². The van der Waals surface area contributed by atoms with Gasteiger partial charge in [0.15, 0.2) is 5.76 Å². The molecule has 0 saturated carbocycles. The Morgan fingerprint density at radius 2 is 1.31 bits per heavy atom. The van der Waals surface area contributed by atoms with Gasteiger partial charge in [-0.15, -0.1) is 0 Å². The first-order valence-corrected chi connectivity index (χ1v) is 10.9. The van der Waals surface area contributed by atoms with Gasteiger partial charge in [-0.05, 0) is 6.92 Å². The number of rotatable bonds is 5. The van der Waals surface area contributed by atoms with E-state index in [1.165, 1.54) is 0 Å². The molecule has 1 heterocycles. The minimum Gasteiger partial charge on any atom is -0.359 e. The van der Waals surface area contributed by atoms with Crippen LogP contribution < -0.4 is 15.9 Å². The highest BCUT2D eigenvalue weighted by Crippen LogP contribution is 2.46. The van der Waals surface area contributed by atoms with E-state index in [9.17, 15) is 9.36 Å². The second-order valence-corrected chi connectivity index (χ2v) is 9.20. The molecule has 1 amide bonds. The topological polar surface area (TPSA) is 72.2 Å². The van der Waals surface area contributed by atoms with Gasteiger partial charge in [-0.1, -0.05) is 96.2 Å². The molecule has 29 heavy (non-hydrogen) atoms. The molecule has 144 valence electrons. The zero-order chi connectivity index (χ0) is 20.3. The van der Waals surface area contributed by atoms with Crippen molar-refractivity contribution >= 4 is 29.1 Å². The van der Waals surface area contributed by atoms with Crippen molar-refractivity contribution in [3.05, 3.63) is 96.8 Å². The summed E-state index contributed by atoms with van der Waals surface area (Å²) < 4.78 is 19.5. The molecule has 0 atom stereocenters. The van der Waals surface area contributed by atoms with Gasteiger partial charge in [-0.3, -0.25) is 4.79 Å². The van der Waals surface area contributed by atoms with Crippen LogP contribution in [-0.2, 0) is 4.57 Å². The Morgan fingerprint density at radius 1 is 0.828 bits per heavy atom. The van der Waals surface area contributed by atoms with Gasteiger partial charge in [0.05, 0.1) is 0 Å². The van der Waals surface area contributed by atoms with Crippen molar-refractivity contribution < 1.29 is 13.9 Å². The highest BCUT2D eigenvalue weighted by atomic mass is 31.2. The van der Waals surface area contributed by atoms with Crippen LogP contribution in [0.4, 0.5) is 10.5 Å². The summed E-state index contributed by atoms with van der Waals surface area (Å²) in [6.07, 6.45) is 0. The number of aryl methyl sites for hydroxylation is 1. The molecule has 6 heteroatoms. The van der Waals surface area contributed by atoms with E-state index in [1.807, 2.05) is 42.5 Å². The lowest BCUT2D eigenvalue weighted by Crippen LogP contribution is -2.26. The largest absolute Gasteiger partial charge is 0.359 e. The Hall–Kier alpha value is -3.43. The standard InChI is InChI=1S/C23H19N2O3P/c1-17-21(22(25-28-17)18-11-5-2-6-12-18)24-23(26)29(27,19-13-7-3-8-14-19)20-15-9-4-10-16-20/h2-16H,1H3,(H,24,26). The summed E-state index contributed by atoms with van der Waals surface area (Å²) in [4.78, 5) is 13.4. The van der Waals surface area contributed by atoms with Crippen molar-refractivity contribution in [2.75, 3.05) is 5.32 Å². The number of aromatic nitrogens is 1. The van der Waals surface area contributed by atoms with Gasteiger partial charge >= 0.3 is 0 Å². The van der Waals surface area contributed by atoms with Crippen molar-refractivity contribution in [1.82, 2.24) is 5.16 Å². The highest BCUT2D eigenvalue weighted by molar-refractivity contribution is 7.93. The number of benzene rings is 3. The van der Waals surface area contributed by atoms with Crippen molar-refractivity contribution in [2.24, 2.45) is 0 Å². The smallest absolute Gasteiger partial charge is 0.292 e. The van der Waals surface area contributed by atoms with Crippen molar-refractivity contribution in [3.8, 4) is 11.3 Å². The van der Waals surface area contributed by atoms with Gasteiger partial charge in [0.2, 0.25) is 7.14 Å². The maximum absolute atomic E-state index is 14.1. The van der Waals surface area contributed by atoms with Crippen LogP contribution in [0.5, 0.6) is 0 Å². The first kappa shape index (κ1) is 18.9. The number of nitrogens with one attached hydrogen (secondary N) is 1. The maximum atomic E-state index is 14.1. The summed E-state index contributed by atoms with van der Waals surface area (Å²) >= 11 is 0. The predicted molar refractivity (Wildman–Crippen MR) is 115 cm³/mol. The van der Waals surface area contributed by atoms with Crippen LogP contribution in [0.25, 0.3) is 11.3 Å². The molecule has 0 fully saturated rings. The third-order valence-corrected chi connectivity index (χ3v) is 7.40. The highest BCUT2D eigenvalue weighted by Gasteiger charge is 2.37. The molecule has 1 N–H and O–H groups in total. The van der Waals surface area contributed by atoms with E-state index < -0.39 is 12.8 Å². The molecular formula is C23H19N2O3P. The Bertz CT molecular complexity index is 1130. The lowest BCUT2D eigenvalue weighted by Gasteiger charge is -2.18. The fourth-order valence-corrected chi connectivity index (χ4v) is 5.38. The summed E-state index contributed by atoms with van der Waals surface area (Å²) in [5.41, 5.74) is 1.14. The number of hydrogen-bond acceptors (Lipinski definition) is 4. The molecule has 0 aliphatic heterocycles. The summed E-state index contributed by atoms with van der Waals surface area (Å²) in [5.74, 6) is 0.449. The molecule has 0 saturated heterocycles. The molecular weight excluding hydrogens is 383 g/mol. The van der Waals surface area contributed by atoms with Crippen molar-refractivity contribution in [1.29, 1.82) is 0 Å². The fourth-order valence-electron chi connectivity index (χ4n) is 3.16. The normalized spacial score (nSPS) is 11.2. The Morgan fingerprint density at radius 3 is 1.83 bits per heavy atom. The monoisotopic (exact) mass is 402 g/mol. The number of anilines is 1. The third kappa shape index (κ3) is 3.53. The van der Waals surface area contributed by atoms with Gasteiger partial charge in [0, 0.05) is 16.2 Å². The first-order valence-electron chi connectivity index (χ1n) is 9.15. The van der Waals surface area contributed by atoms with Gasteiger partial charge in [0.1, 0.15) is 11.4 Å². The van der Waals surface area contributed by atoms with E-state index in [1.54, 1.807) is 55.5 Å². The Balaban J connectivity index is 1.79. The third-order valence-electron chi connectivity index (χ3n) is 4.67. The van der Waals surface area contributed by atoms with Crippen LogP contribution in [0.15, 0.2) is 95.5 Å². The quantitative estimate of drug-likeness (QED) is 0.466. The second-order valence-electron chi connectivity index (χ2n) is 6.54. The average molecular weight is 402 g/mol. The molecule has 5 nitrogen and oxygen atoms in total. The SMILES string of the molecule is Cc1onc(-c2ccccc2)c1NC(=O)P(=O)(c1ccccc1)c1ccccc1. The number of nitrogens with zero attached hydrogens (tertiary/aromatic N) is 1. The van der Waals surface area contributed by atoms with Crippen LogP contribution in [0.1, 0.15) is 5.76 Å². The van der Waals surface area contributed by atoms with Crippen LogP contribution in [0, 0.1) is 6.92 Å². The summed E-state index contributed by atoms with van der Waals surface area (Å²) in [5, 5.41) is 7.87. The minimum absolute atomic E-state index is 0.424. The Kier molecular flexibility index (Phi) is 5.15. The molecule has 1 aromatic heterocycles. The second kappa shape index (κ2) is 7.90. The zero-order valence-electron chi connectivity index (χ0n) is 15.8. The minimum atomic E-state index is -3.61. The van der Waals surface area contributed by atoms with Gasteiger partial charge < -0.3 is 14.4 Å². The molecule has 4 rings (SSSR count). The average Bonchev–Trinajstić information content (AvgIpc) is 3.15. The van der Waals surface area contributed by atoms with E-state index >= 15 is 0 Å². The van der Waals surface area contributed by atoms with Crippen LogP contribution >= 0.6 is 7.14 Å². The molecule has 0 spiro atoms. The number of carbonyl (C=O) groups is 1. The maximum Gasteiger partial charge on any atom is 0.292 e. The lowest BCUT2D eigenvalue weighted by molar-refractivity contribution is 0.268. The van der Waals surface area contributed by atoms with E-state index in [0.29, 0.717) is 27.8 Å². The molecule has 0 aliphatic rings. The molecule has 4 aromatic rings. The molecule has 3 aromatic carbocycles. The van der Waals surface area contributed by atoms with E-state index in [2.05, 4.69) is 10.5 Å². The van der Waals surface area contributed by atoms with Crippen molar-refractivity contribution in [3.63, 3.8) is 0 Å². The van der Waals surface area contributed by atoms with E-state index in [4.69, 9.17) is 4.52 Å². The number of amides is 1. The van der Waals surface area contributed by atoms with E-state index in [0.717, 1.165) is 5.56 Å². The number of hydrogen-bond donors (Lipinski definition) is 1. The van der Waals surface area contributed by atoms with Crippen LogP contribution in [0.2, 0.25) is 0 Å². The summed E-state index contributed by atoms with van der Waals surface area (Å²) in [6, 6.07) is 27.0. The lowest BCUT2D eigenvalue weighted by atomic mass is 10.1. The molecule has 0 bridgehead atoms. The summed E-state index contributed by atoms with van der Waals surface area (Å²) in [6.45, 7) is 1.71. The molecule has 0 aliphatic carbocycles. The zero-order valence-corrected chi connectivity index (χ0v) is 16.7. The molecule has 0 unspecified atom stereocenters. The van der Waals surface area contributed by atoms with Crippen LogP contribution in [0.3, 0.4) is 0 Å².